The summed E-state index contributed by atoms with van der Waals surface area (Å²) in [7, 11) is 9.70. The number of nitrogens with two attached hydrogens (primary N) is 1. The molecule has 0 saturated heterocycles. The molecule has 2 saturated carbocycles. The van der Waals surface area contributed by atoms with E-state index in [1.165, 1.54) is 23.9 Å². The first kappa shape index (κ1) is 29.2. The third-order valence-corrected chi connectivity index (χ3v) is 8.45. The van der Waals surface area contributed by atoms with Gasteiger partial charge in [0, 0.05) is 39.8 Å². The van der Waals surface area contributed by atoms with Gasteiger partial charge in [-0.2, -0.15) is 0 Å². The van der Waals surface area contributed by atoms with Crippen molar-refractivity contribution in [2.75, 3.05) is 59.0 Å². The number of amides is 2. The second-order valence-electron chi connectivity index (χ2n) is 11.5. The Kier molecular flexibility index (Phi) is 7.26. The van der Waals surface area contributed by atoms with Crippen molar-refractivity contribution < 1.29 is 39.0 Å². The number of rotatable bonds is 6. The zero-order chi connectivity index (χ0) is 30.0. The van der Waals surface area contributed by atoms with E-state index in [4.69, 9.17) is 5.73 Å². The molecule has 1 aromatic carbocycles. The summed E-state index contributed by atoms with van der Waals surface area (Å²) in [5.41, 5.74) is 3.57. The molecule has 2 amide bonds. The highest BCUT2D eigenvalue weighted by Crippen LogP contribution is 2.52. The fourth-order valence-corrected chi connectivity index (χ4v) is 6.51. The SMILES string of the molecule is CN(C)C(=O)CNc1cc(N(C)C)c2c(c1O)C(=O)C1C(=O)[C@]3(O)C(=O)C(C(N)=O)C(=O)C(N(C)C)[C@@H]3C[C@@H]1C2. The van der Waals surface area contributed by atoms with Crippen molar-refractivity contribution in [3.8, 4) is 5.75 Å². The fraction of sp³-hybridized carbons (Fsp3) is 0.556. The number of aliphatic hydroxyl groups is 1. The number of likely N-dealkylation sites (N-methyl/N-ethyl adjacent to an activating group) is 2. The predicted molar refractivity (Wildman–Crippen MR) is 143 cm³/mol. The van der Waals surface area contributed by atoms with Gasteiger partial charge in [0.15, 0.2) is 34.7 Å². The Morgan fingerprint density at radius 1 is 1.07 bits per heavy atom. The Morgan fingerprint density at radius 3 is 2.23 bits per heavy atom. The van der Waals surface area contributed by atoms with Crippen LogP contribution in [0.2, 0.25) is 0 Å². The Bertz CT molecular complexity index is 1340. The molecule has 3 aliphatic rings. The highest BCUT2D eigenvalue weighted by Gasteiger charge is 2.69. The van der Waals surface area contributed by atoms with Gasteiger partial charge in [-0.3, -0.25) is 33.7 Å². The molecule has 13 heteroatoms. The smallest absolute Gasteiger partial charge is 0.241 e. The predicted octanol–water partition coefficient (Wildman–Crippen LogP) is -1.57. The number of ketones is 4. The van der Waals surface area contributed by atoms with Gasteiger partial charge in [0.1, 0.15) is 5.75 Å². The van der Waals surface area contributed by atoms with E-state index in [9.17, 15) is 39.0 Å². The zero-order valence-electron chi connectivity index (χ0n) is 23.3. The summed E-state index contributed by atoms with van der Waals surface area (Å²) >= 11 is 0. The number of carbonyl (C=O) groups excluding carboxylic acids is 6. The van der Waals surface area contributed by atoms with Gasteiger partial charge in [-0.1, -0.05) is 0 Å². The van der Waals surface area contributed by atoms with E-state index in [0.29, 0.717) is 11.3 Å². The second-order valence-corrected chi connectivity index (χ2v) is 11.5. The van der Waals surface area contributed by atoms with Crippen LogP contribution in [0, 0.1) is 23.7 Å². The summed E-state index contributed by atoms with van der Waals surface area (Å²) in [5, 5.41) is 25.7. The van der Waals surface area contributed by atoms with Gasteiger partial charge in [-0.05, 0) is 44.5 Å². The summed E-state index contributed by atoms with van der Waals surface area (Å²) in [6.07, 6.45) is 0.110. The molecule has 0 bridgehead atoms. The third-order valence-electron chi connectivity index (χ3n) is 8.45. The largest absolute Gasteiger partial charge is 0.505 e. The number of benzene rings is 1. The van der Waals surface area contributed by atoms with Crippen molar-refractivity contribution in [2.45, 2.75) is 24.5 Å². The molecule has 3 aliphatic carbocycles. The molecule has 13 nitrogen and oxygen atoms in total. The van der Waals surface area contributed by atoms with Crippen LogP contribution >= 0.6 is 0 Å². The van der Waals surface area contributed by atoms with Crippen molar-refractivity contribution in [2.24, 2.45) is 29.4 Å². The Morgan fingerprint density at radius 2 is 1.70 bits per heavy atom. The first-order valence-corrected chi connectivity index (χ1v) is 12.9. The van der Waals surface area contributed by atoms with Gasteiger partial charge in [0.25, 0.3) is 0 Å². The van der Waals surface area contributed by atoms with E-state index in [0.717, 1.165) is 0 Å². The van der Waals surface area contributed by atoms with Crippen LogP contribution in [0.3, 0.4) is 0 Å². The number of phenols is 1. The topological polar surface area (TPSA) is 191 Å². The monoisotopic (exact) mass is 557 g/mol. The van der Waals surface area contributed by atoms with Crippen LogP contribution in [0.5, 0.6) is 5.75 Å². The Hall–Kier alpha value is -3.84. The minimum Gasteiger partial charge on any atom is -0.505 e. The molecular formula is C27H35N5O8. The van der Waals surface area contributed by atoms with Gasteiger partial charge >= 0.3 is 0 Å². The number of phenolic OH excluding ortho intramolecular Hbond substituents is 1. The lowest BCUT2D eigenvalue weighted by molar-refractivity contribution is -0.181. The molecule has 0 aromatic heterocycles. The standard InChI is InChI=1S/C27H35N5O8/c1-30(2)15-9-14(29-10-16(33)31(3)4)21(34)18-12(15)7-11-8-13-20(32(5)6)23(36)19(26(28)39)25(38)27(13,40)24(37)17(11)22(18)35/h9,11,13,17,19-20,29,34,40H,7-8,10H2,1-6H3,(H2,28,39)/t11-,13-,17?,19?,20?,27-/m0/s1. The number of primary amides is 1. The van der Waals surface area contributed by atoms with Crippen LogP contribution in [0.4, 0.5) is 11.4 Å². The van der Waals surface area contributed by atoms with E-state index in [-0.39, 0.29) is 36.5 Å². The van der Waals surface area contributed by atoms with Gasteiger partial charge in [-0.15, -0.1) is 0 Å². The number of nitrogens with one attached hydrogen (secondary N) is 1. The summed E-state index contributed by atoms with van der Waals surface area (Å²) in [5.74, 6) is -11.4. The fourth-order valence-electron chi connectivity index (χ4n) is 6.51. The van der Waals surface area contributed by atoms with Crippen LogP contribution in [-0.4, -0.2) is 115 Å². The molecular weight excluding hydrogens is 522 g/mol. The van der Waals surface area contributed by atoms with Gasteiger partial charge in [0.2, 0.25) is 11.8 Å². The molecule has 2 fully saturated rings. The maximum atomic E-state index is 14.0. The Balaban J connectivity index is 1.85. The molecule has 0 heterocycles. The third kappa shape index (κ3) is 4.15. The molecule has 1 aromatic rings. The highest BCUT2D eigenvalue weighted by atomic mass is 16.3. The number of nitrogens with zero attached hydrogens (tertiary/aromatic N) is 3. The molecule has 0 radical (unpaired) electrons. The van der Waals surface area contributed by atoms with Crippen LogP contribution in [-0.2, 0) is 30.4 Å². The summed E-state index contributed by atoms with van der Waals surface area (Å²) in [6.45, 7) is -0.171. The molecule has 0 aliphatic heterocycles. The summed E-state index contributed by atoms with van der Waals surface area (Å²) in [4.78, 5) is 83.3. The van der Waals surface area contributed by atoms with Gasteiger partial charge < -0.3 is 31.1 Å². The van der Waals surface area contributed by atoms with Crippen molar-refractivity contribution in [1.29, 1.82) is 0 Å². The summed E-state index contributed by atoms with van der Waals surface area (Å²) < 4.78 is 0. The van der Waals surface area contributed by atoms with Crippen molar-refractivity contribution >= 4 is 46.3 Å². The normalized spacial score (nSPS) is 29.4. The quantitative estimate of drug-likeness (QED) is 0.233. The number of hydrogen-bond donors (Lipinski definition) is 4. The van der Waals surface area contributed by atoms with Crippen LogP contribution < -0.4 is 16.0 Å². The van der Waals surface area contributed by atoms with E-state index < -0.39 is 70.1 Å². The van der Waals surface area contributed by atoms with E-state index >= 15 is 0 Å². The lowest BCUT2D eigenvalue weighted by Crippen LogP contribution is -2.74. The second kappa shape index (κ2) is 9.97. The van der Waals surface area contributed by atoms with Gasteiger partial charge in [0.05, 0.1) is 29.8 Å². The lowest BCUT2D eigenvalue weighted by Gasteiger charge is -2.52. The molecule has 5 N–H and O–H groups in total. The van der Waals surface area contributed by atoms with E-state index in [1.807, 2.05) is 0 Å². The van der Waals surface area contributed by atoms with Crippen LogP contribution in [0.15, 0.2) is 6.07 Å². The Labute approximate surface area is 231 Å². The highest BCUT2D eigenvalue weighted by molar-refractivity contribution is 6.32. The van der Waals surface area contributed by atoms with E-state index in [1.54, 1.807) is 39.2 Å². The molecule has 6 atom stereocenters. The average molecular weight is 558 g/mol. The first-order valence-electron chi connectivity index (χ1n) is 12.9. The number of fused-ring (bicyclic) bond motifs is 3. The van der Waals surface area contributed by atoms with Crippen LogP contribution in [0.1, 0.15) is 22.3 Å². The first-order chi connectivity index (χ1) is 18.5. The maximum Gasteiger partial charge on any atom is 0.241 e. The average Bonchev–Trinajstić information content (AvgIpc) is 2.84. The molecule has 0 spiro atoms. The van der Waals surface area contributed by atoms with Crippen molar-refractivity contribution in [1.82, 2.24) is 9.80 Å². The number of aromatic hydroxyl groups is 1. The zero-order valence-corrected chi connectivity index (χ0v) is 23.3. The van der Waals surface area contributed by atoms with Crippen LogP contribution in [0.25, 0.3) is 0 Å². The van der Waals surface area contributed by atoms with E-state index in [2.05, 4.69) is 5.32 Å². The molecule has 216 valence electrons. The maximum absolute atomic E-state index is 14.0. The number of carbonyl (C=O) groups is 6. The lowest BCUT2D eigenvalue weighted by atomic mass is 9.52. The van der Waals surface area contributed by atoms with Gasteiger partial charge in [-0.25, -0.2) is 0 Å². The molecule has 4 rings (SSSR count). The number of anilines is 2. The minimum absolute atomic E-state index is 0.0329. The molecule has 40 heavy (non-hydrogen) atoms. The minimum atomic E-state index is -2.79. The summed E-state index contributed by atoms with van der Waals surface area (Å²) in [6, 6.07) is 0.448. The molecule has 3 unspecified atom stereocenters. The van der Waals surface area contributed by atoms with Crippen molar-refractivity contribution in [3.05, 3.63) is 17.2 Å². The van der Waals surface area contributed by atoms with Crippen molar-refractivity contribution in [3.63, 3.8) is 0 Å². The number of hydrogen-bond acceptors (Lipinski definition) is 11. The number of Topliss-reactive ketones (excluding diaryl/α,β-unsaturated/α-hetero) is 4.